The molecule has 1 unspecified atom stereocenters. The van der Waals surface area contributed by atoms with Gasteiger partial charge in [0.05, 0.1) is 23.0 Å². The standard InChI is InChI=1S/C49H60N10O5/c1-30-25-36(12-13-38(30)51-47-50-27-37-44(53-47)58(35-5-3-4-6-35)46(63)49(37)19-20-49)57-24-23-56(29-43(57)61)34-10-7-31(8-11-34)28-55-21-17-32(18-22-55)33-9-14-39-41(26-33)54(2)48(64)59(39)40-15-16-42(60)52-45(40)62/h9,12-14,25-27,31-32,34-35,40H,3-8,10-11,15-24,28-29H2,1-2H3,(H,50,51,53)(H,52,60,62). The van der Waals surface area contributed by atoms with Crippen molar-refractivity contribution >= 4 is 57.8 Å². The largest absolute Gasteiger partial charge is 0.329 e. The van der Waals surface area contributed by atoms with Gasteiger partial charge in [-0.2, -0.15) is 4.98 Å². The third-order valence-electron chi connectivity index (χ3n) is 16.1. The summed E-state index contributed by atoms with van der Waals surface area (Å²) in [4.78, 5) is 83.5. The Bertz CT molecular complexity index is 2590. The number of carbonyl (C=O) groups excluding carboxylic acids is 4. The molecule has 1 spiro atoms. The molecule has 2 aromatic heterocycles. The van der Waals surface area contributed by atoms with Gasteiger partial charge in [-0.15, -0.1) is 0 Å². The van der Waals surface area contributed by atoms with Crippen molar-refractivity contribution < 1.29 is 19.2 Å². The van der Waals surface area contributed by atoms with Crippen LogP contribution in [0.1, 0.15) is 119 Å². The number of carbonyl (C=O) groups is 4. The second-order valence-corrected chi connectivity index (χ2v) is 19.9. The molecule has 6 fully saturated rings. The van der Waals surface area contributed by atoms with Crippen molar-refractivity contribution in [2.75, 3.05) is 54.4 Å². The fourth-order valence-corrected chi connectivity index (χ4v) is 12.2. The lowest BCUT2D eigenvalue weighted by Gasteiger charge is -2.42. The van der Waals surface area contributed by atoms with Crippen LogP contribution < -0.4 is 26.1 Å². The number of amides is 4. The molecule has 6 heterocycles. The van der Waals surface area contributed by atoms with E-state index >= 15 is 0 Å². The topological polar surface area (TPSA) is 158 Å². The molecule has 4 aliphatic heterocycles. The number of benzene rings is 2. The molecule has 11 rings (SSSR count). The molecule has 2 N–H and O–H groups in total. The Morgan fingerprint density at radius 1 is 0.828 bits per heavy atom. The Morgan fingerprint density at radius 3 is 2.33 bits per heavy atom. The van der Waals surface area contributed by atoms with Gasteiger partial charge >= 0.3 is 5.69 Å². The first-order valence-corrected chi connectivity index (χ1v) is 23.9. The quantitative estimate of drug-likeness (QED) is 0.204. The number of aryl methyl sites for hydroxylation is 2. The van der Waals surface area contributed by atoms with Crippen molar-refractivity contribution in [3.8, 4) is 0 Å². The van der Waals surface area contributed by atoms with Crippen molar-refractivity contribution in [2.45, 2.75) is 126 Å². The van der Waals surface area contributed by atoms with E-state index in [2.05, 4.69) is 43.6 Å². The van der Waals surface area contributed by atoms with Crippen molar-refractivity contribution in [3.05, 3.63) is 69.8 Å². The minimum absolute atomic E-state index is 0.150. The van der Waals surface area contributed by atoms with Crippen LogP contribution in [0.2, 0.25) is 0 Å². The maximum atomic E-state index is 13.7. The van der Waals surface area contributed by atoms with Gasteiger partial charge < -0.3 is 15.1 Å². The third kappa shape index (κ3) is 7.22. The van der Waals surface area contributed by atoms with Gasteiger partial charge in [0.2, 0.25) is 29.6 Å². The molecule has 1 atom stereocenters. The molecule has 4 amide bonds. The number of piperidine rings is 2. The van der Waals surface area contributed by atoms with Gasteiger partial charge in [0.1, 0.15) is 11.9 Å². The number of piperazine rings is 1. The van der Waals surface area contributed by atoms with E-state index in [1.54, 1.807) is 16.2 Å². The van der Waals surface area contributed by atoms with Crippen LogP contribution in [0, 0.1) is 12.8 Å². The third-order valence-corrected chi connectivity index (χ3v) is 16.1. The number of rotatable bonds is 9. The highest BCUT2D eigenvalue weighted by molar-refractivity contribution is 6.09. The van der Waals surface area contributed by atoms with Crippen LogP contribution in [0.25, 0.3) is 11.0 Å². The molecule has 3 aliphatic carbocycles. The summed E-state index contributed by atoms with van der Waals surface area (Å²) in [5, 5.41) is 5.82. The number of likely N-dealkylation sites (tertiary alicyclic amines) is 1. The molecule has 15 nitrogen and oxygen atoms in total. The fourth-order valence-electron chi connectivity index (χ4n) is 12.2. The van der Waals surface area contributed by atoms with E-state index in [4.69, 9.17) is 4.98 Å². The second kappa shape index (κ2) is 16.2. The average molecular weight is 869 g/mol. The molecule has 3 saturated heterocycles. The number of hydrogen-bond acceptors (Lipinski definition) is 10. The number of anilines is 4. The summed E-state index contributed by atoms with van der Waals surface area (Å²) in [5.41, 5.74) is 5.98. The molecule has 3 saturated carbocycles. The maximum absolute atomic E-state index is 13.7. The number of fused-ring (bicyclic) bond motifs is 3. The van der Waals surface area contributed by atoms with Crippen LogP contribution in [0.15, 0.2) is 47.4 Å². The zero-order valence-electron chi connectivity index (χ0n) is 37.2. The summed E-state index contributed by atoms with van der Waals surface area (Å²) in [6.07, 6.45) is 15.4. The highest BCUT2D eigenvalue weighted by Crippen LogP contribution is 2.58. The predicted molar refractivity (Wildman–Crippen MR) is 244 cm³/mol. The van der Waals surface area contributed by atoms with Crippen molar-refractivity contribution in [1.29, 1.82) is 0 Å². The Hall–Kier alpha value is -5.41. The van der Waals surface area contributed by atoms with Crippen LogP contribution in [0.3, 0.4) is 0 Å². The molecule has 15 heteroatoms. The smallest absolute Gasteiger partial charge is 0.324 e. The lowest BCUT2D eigenvalue weighted by atomic mass is 9.83. The summed E-state index contributed by atoms with van der Waals surface area (Å²) in [6, 6.07) is 12.3. The summed E-state index contributed by atoms with van der Waals surface area (Å²) >= 11 is 0. The first kappa shape index (κ1) is 41.3. The van der Waals surface area contributed by atoms with Gasteiger partial charge in [-0.1, -0.05) is 18.9 Å². The van der Waals surface area contributed by atoms with Gasteiger partial charge in [-0.05, 0) is 144 Å². The Kier molecular flexibility index (Phi) is 10.5. The number of nitrogens with one attached hydrogen (secondary N) is 2. The van der Waals surface area contributed by atoms with Crippen LogP contribution in [0.4, 0.5) is 23.1 Å². The first-order valence-electron chi connectivity index (χ1n) is 23.9. The van der Waals surface area contributed by atoms with E-state index in [1.807, 2.05) is 41.1 Å². The monoisotopic (exact) mass is 868 g/mol. The van der Waals surface area contributed by atoms with Crippen LogP contribution in [-0.4, -0.2) is 104 Å². The van der Waals surface area contributed by atoms with Crippen LogP contribution in [-0.2, 0) is 31.6 Å². The summed E-state index contributed by atoms with van der Waals surface area (Å²) in [7, 11) is 1.76. The number of imide groups is 1. The van der Waals surface area contributed by atoms with Gasteiger partial charge in [-0.3, -0.25) is 43.4 Å². The Labute approximate surface area is 373 Å². The van der Waals surface area contributed by atoms with Gasteiger partial charge in [0, 0.05) is 68.3 Å². The lowest BCUT2D eigenvalue weighted by Crippen LogP contribution is -2.54. The van der Waals surface area contributed by atoms with Crippen molar-refractivity contribution in [2.24, 2.45) is 13.0 Å². The summed E-state index contributed by atoms with van der Waals surface area (Å²) in [6.45, 7) is 7.27. The Morgan fingerprint density at radius 2 is 1.61 bits per heavy atom. The van der Waals surface area contributed by atoms with E-state index in [9.17, 15) is 24.0 Å². The van der Waals surface area contributed by atoms with Gasteiger partial charge in [-0.25, -0.2) is 9.78 Å². The number of aromatic nitrogens is 4. The number of hydrogen-bond donors (Lipinski definition) is 2. The van der Waals surface area contributed by atoms with Crippen LogP contribution >= 0.6 is 0 Å². The first-order chi connectivity index (χ1) is 31.0. The van der Waals surface area contributed by atoms with E-state index in [0.717, 1.165) is 130 Å². The second-order valence-electron chi connectivity index (χ2n) is 19.9. The van der Waals surface area contributed by atoms with E-state index in [-0.39, 0.29) is 35.9 Å². The van der Waals surface area contributed by atoms with Gasteiger partial charge in [0.15, 0.2) is 0 Å². The number of nitrogens with zero attached hydrogens (tertiary/aromatic N) is 8. The van der Waals surface area contributed by atoms with Gasteiger partial charge in [0.25, 0.3) is 0 Å². The molecule has 336 valence electrons. The molecule has 2 aromatic carbocycles. The van der Waals surface area contributed by atoms with Crippen molar-refractivity contribution in [3.63, 3.8) is 0 Å². The summed E-state index contributed by atoms with van der Waals surface area (Å²) < 4.78 is 3.19. The van der Waals surface area contributed by atoms with Crippen LogP contribution in [0.5, 0.6) is 0 Å². The van der Waals surface area contributed by atoms with E-state index in [0.29, 0.717) is 43.3 Å². The van der Waals surface area contributed by atoms with E-state index < -0.39 is 17.4 Å². The fraction of sp³-hybridized carbons (Fsp3) is 0.571. The molecular weight excluding hydrogens is 809 g/mol. The minimum Gasteiger partial charge on any atom is -0.324 e. The highest BCUT2D eigenvalue weighted by Gasteiger charge is 2.61. The number of imidazole rings is 1. The SMILES string of the molecule is Cc1cc(N2CCN(C3CCC(CN4CCC(c5ccc6c(c5)n(C)c(=O)n6C5CCC(=O)NC5=O)CC4)CC3)CC2=O)ccc1Nc1ncc2c(n1)N(C1CCCC1)C(=O)C21CC1. The molecule has 0 radical (unpaired) electrons. The van der Waals surface area contributed by atoms with E-state index in [1.165, 1.54) is 18.4 Å². The predicted octanol–water partition coefficient (Wildman–Crippen LogP) is 5.57. The average Bonchev–Trinajstić information content (AvgIpc) is 3.76. The maximum Gasteiger partial charge on any atom is 0.329 e. The molecule has 64 heavy (non-hydrogen) atoms. The Balaban J connectivity index is 0.652. The zero-order chi connectivity index (χ0) is 43.9. The summed E-state index contributed by atoms with van der Waals surface area (Å²) in [5.74, 6) is 2.05. The van der Waals surface area contributed by atoms with Crippen molar-refractivity contribution in [1.82, 2.24) is 34.2 Å². The molecule has 7 aliphatic rings. The highest BCUT2D eigenvalue weighted by atomic mass is 16.2. The lowest BCUT2D eigenvalue weighted by molar-refractivity contribution is -0.135. The molecular formula is C49H60N10O5. The minimum atomic E-state index is -0.675. The normalized spacial score (nSPS) is 25.8. The zero-order valence-corrected chi connectivity index (χ0v) is 37.2. The molecule has 0 bridgehead atoms. The molecule has 4 aromatic rings.